The van der Waals surface area contributed by atoms with Crippen molar-refractivity contribution in [1.29, 1.82) is 0 Å². The maximum Gasteiger partial charge on any atom is 0.253 e. The number of benzene rings is 1. The second-order valence-corrected chi connectivity index (χ2v) is 6.50. The molecule has 1 aliphatic rings. The van der Waals surface area contributed by atoms with E-state index in [1.165, 1.54) is 5.56 Å². The fourth-order valence-corrected chi connectivity index (χ4v) is 2.95. The molecular weight excluding hydrogens is 314 g/mol. The third kappa shape index (κ3) is 3.90. The van der Waals surface area contributed by atoms with Gasteiger partial charge in [0.15, 0.2) is 5.82 Å². The molecule has 0 radical (unpaired) electrons. The molecule has 0 unspecified atom stereocenters. The molecule has 1 aromatic heterocycles. The molecule has 132 valence electrons. The number of carbonyl (C=O) groups excluding carboxylic acids is 1. The lowest BCUT2D eigenvalue weighted by Gasteiger charge is -2.35. The number of hydrogen-bond acceptors (Lipinski definition) is 5. The first-order valence-corrected chi connectivity index (χ1v) is 8.71. The van der Waals surface area contributed by atoms with Crippen LogP contribution in [0, 0.1) is 0 Å². The molecule has 1 saturated heterocycles. The molecule has 0 bridgehead atoms. The van der Waals surface area contributed by atoms with Crippen molar-refractivity contribution in [2.45, 2.75) is 13.3 Å². The Balaban J connectivity index is 1.63. The van der Waals surface area contributed by atoms with Gasteiger partial charge in [-0.05, 0) is 24.1 Å². The smallest absolute Gasteiger partial charge is 0.253 e. The Labute approximate surface area is 149 Å². The fraction of sp³-hybridized carbons (Fsp3) is 0.421. The van der Waals surface area contributed by atoms with Crippen LogP contribution in [0.3, 0.4) is 0 Å². The van der Waals surface area contributed by atoms with Crippen LogP contribution in [-0.4, -0.2) is 61.3 Å². The summed E-state index contributed by atoms with van der Waals surface area (Å²) >= 11 is 0. The number of anilines is 2. The summed E-state index contributed by atoms with van der Waals surface area (Å²) in [7, 11) is 3.97. The molecule has 1 aromatic carbocycles. The van der Waals surface area contributed by atoms with Crippen LogP contribution in [0.25, 0.3) is 0 Å². The van der Waals surface area contributed by atoms with Gasteiger partial charge in [0, 0.05) is 51.9 Å². The molecule has 0 spiro atoms. The van der Waals surface area contributed by atoms with Gasteiger partial charge in [0.25, 0.3) is 5.91 Å². The van der Waals surface area contributed by atoms with Gasteiger partial charge in [-0.15, -0.1) is 5.10 Å². The lowest BCUT2D eigenvalue weighted by molar-refractivity contribution is 0.0746. The van der Waals surface area contributed by atoms with Crippen molar-refractivity contribution in [3.63, 3.8) is 0 Å². The average molecular weight is 339 g/mol. The monoisotopic (exact) mass is 339 g/mol. The molecule has 2 aromatic rings. The van der Waals surface area contributed by atoms with E-state index in [9.17, 15) is 4.79 Å². The maximum absolute atomic E-state index is 12.7. The average Bonchev–Trinajstić information content (AvgIpc) is 2.67. The van der Waals surface area contributed by atoms with Gasteiger partial charge in [-0.25, -0.2) is 0 Å². The third-order valence-corrected chi connectivity index (χ3v) is 4.64. The molecule has 0 atom stereocenters. The van der Waals surface area contributed by atoms with Crippen molar-refractivity contribution in [3.8, 4) is 0 Å². The van der Waals surface area contributed by atoms with E-state index in [1.807, 2.05) is 54.2 Å². The second kappa shape index (κ2) is 7.51. The van der Waals surface area contributed by atoms with E-state index in [0.717, 1.165) is 36.6 Å². The largest absolute Gasteiger partial charge is 0.376 e. The summed E-state index contributed by atoms with van der Waals surface area (Å²) < 4.78 is 0. The van der Waals surface area contributed by atoms with Crippen LogP contribution in [0.5, 0.6) is 0 Å². The zero-order valence-electron chi connectivity index (χ0n) is 15.1. The van der Waals surface area contributed by atoms with Crippen LogP contribution in [-0.2, 0) is 6.42 Å². The zero-order valence-corrected chi connectivity index (χ0v) is 15.1. The molecular formula is C19H25N5O. The molecule has 1 aliphatic heterocycles. The molecule has 1 amide bonds. The van der Waals surface area contributed by atoms with Crippen LogP contribution in [0.1, 0.15) is 22.8 Å². The Hall–Kier alpha value is -2.63. The number of nitrogens with zero attached hydrogens (tertiary/aromatic N) is 5. The van der Waals surface area contributed by atoms with E-state index < -0.39 is 0 Å². The SMILES string of the molecule is CCc1ccc(C(=O)N2CCN(c3cc(N(C)C)cnn3)CC2)cc1. The van der Waals surface area contributed by atoms with Crippen LogP contribution >= 0.6 is 0 Å². The van der Waals surface area contributed by atoms with Gasteiger partial charge in [-0.3, -0.25) is 4.79 Å². The predicted molar refractivity (Wildman–Crippen MR) is 100 cm³/mol. The number of amides is 1. The van der Waals surface area contributed by atoms with Gasteiger partial charge in [0.05, 0.1) is 11.9 Å². The molecule has 1 fully saturated rings. The number of aromatic nitrogens is 2. The molecule has 6 heteroatoms. The van der Waals surface area contributed by atoms with E-state index >= 15 is 0 Å². The Morgan fingerprint density at radius 1 is 1.12 bits per heavy atom. The summed E-state index contributed by atoms with van der Waals surface area (Å²) in [6, 6.07) is 9.96. The quantitative estimate of drug-likeness (QED) is 0.853. The molecule has 25 heavy (non-hydrogen) atoms. The Kier molecular flexibility index (Phi) is 5.16. The maximum atomic E-state index is 12.7. The Morgan fingerprint density at radius 2 is 1.80 bits per heavy atom. The van der Waals surface area contributed by atoms with E-state index in [2.05, 4.69) is 22.0 Å². The van der Waals surface area contributed by atoms with Crippen molar-refractivity contribution in [2.75, 3.05) is 50.1 Å². The Morgan fingerprint density at radius 3 is 2.40 bits per heavy atom. The minimum atomic E-state index is 0.107. The summed E-state index contributed by atoms with van der Waals surface area (Å²) in [5.74, 6) is 0.973. The number of piperazine rings is 1. The molecule has 6 nitrogen and oxygen atoms in total. The van der Waals surface area contributed by atoms with Crippen LogP contribution in [0.2, 0.25) is 0 Å². The van der Waals surface area contributed by atoms with Crippen molar-refractivity contribution < 1.29 is 4.79 Å². The number of aryl methyl sites for hydroxylation is 1. The number of hydrogen-bond donors (Lipinski definition) is 0. The van der Waals surface area contributed by atoms with Gasteiger partial charge < -0.3 is 14.7 Å². The standard InChI is InChI=1S/C19H25N5O/c1-4-15-5-7-16(8-6-15)19(25)24-11-9-23(10-12-24)18-13-17(22(2)3)14-20-21-18/h5-8,13-14H,4,9-12H2,1-3H3. The molecule has 0 saturated carbocycles. The summed E-state index contributed by atoms with van der Waals surface area (Å²) in [5, 5.41) is 8.32. The minimum Gasteiger partial charge on any atom is -0.376 e. The molecule has 0 aliphatic carbocycles. The number of carbonyl (C=O) groups is 1. The normalized spacial score (nSPS) is 14.5. The fourth-order valence-electron chi connectivity index (χ4n) is 2.95. The zero-order chi connectivity index (χ0) is 17.8. The summed E-state index contributed by atoms with van der Waals surface area (Å²) in [6.45, 7) is 5.05. The van der Waals surface area contributed by atoms with Crippen LogP contribution in [0.4, 0.5) is 11.5 Å². The van der Waals surface area contributed by atoms with Crippen molar-refractivity contribution in [2.24, 2.45) is 0 Å². The first-order valence-electron chi connectivity index (χ1n) is 8.71. The second-order valence-electron chi connectivity index (χ2n) is 6.50. The van der Waals surface area contributed by atoms with E-state index in [0.29, 0.717) is 13.1 Å². The van der Waals surface area contributed by atoms with Crippen molar-refractivity contribution >= 4 is 17.4 Å². The predicted octanol–water partition coefficient (Wildman–Crippen LogP) is 2.07. The first-order chi connectivity index (χ1) is 12.1. The third-order valence-electron chi connectivity index (χ3n) is 4.64. The van der Waals surface area contributed by atoms with Gasteiger partial charge in [-0.1, -0.05) is 19.1 Å². The molecule has 0 N–H and O–H groups in total. The van der Waals surface area contributed by atoms with E-state index in [1.54, 1.807) is 6.20 Å². The van der Waals surface area contributed by atoms with Gasteiger partial charge in [0.2, 0.25) is 0 Å². The summed E-state index contributed by atoms with van der Waals surface area (Å²) in [5.41, 5.74) is 3.04. The highest BCUT2D eigenvalue weighted by Crippen LogP contribution is 2.19. The van der Waals surface area contributed by atoms with Crippen LogP contribution in [0.15, 0.2) is 36.5 Å². The summed E-state index contributed by atoms with van der Waals surface area (Å²) in [4.78, 5) is 18.8. The molecule has 2 heterocycles. The topological polar surface area (TPSA) is 52.6 Å². The number of rotatable bonds is 4. The lowest BCUT2D eigenvalue weighted by Crippen LogP contribution is -2.49. The van der Waals surface area contributed by atoms with Crippen molar-refractivity contribution in [1.82, 2.24) is 15.1 Å². The van der Waals surface area contributed by atoms with Crippen molar-refractivity contribution in [3.05, 3.63) is 47.7 Å². The highest BCUT2D eigenvalue weighted by atomic mass is 16.2. The highest BCUT2D eigenvalue weighted by Gasteiger charge is 2.23. The highest BCUT2D eigenvalue weighted by molar-refractivity contribution is 5.94. The van der Waals surface area contributed by atoms with E-state index in [-0.39, 0.29) is 5.91 Å². The summed E-state index contributed by atoms with van der Waals surface area (Å²) in [6.07, 6.45) is 2.74. The van der Waals surface area contributed by atoms with Gasteiger partial charge in [0.1, 0.15) is 0 Å². The van der Waals surface area contributed by atoms with Gasteiger partial charge in [-0.2, -0.15) is 5.10 Å². The minimum absolute atomic E-state index is 0.107. The van der Waals surface area contributed by atoms with Crippen LogP contribution < -0.4 is 9.80 Å². The lowest BCUT2D eigenvalue weighted by atomic mass is 10.1. The first kappa shape index (κ1) is 17.2. The molecule has 3 rings (SSSR count). The Bertz CT molecular complexity index is 721. The van der Waals surface area contributed by atoms with E-state index in [4.69, 9.17) is 0 Å². The van der Waals surface area contributed by atoms with Gasteiger partial charge >= 0.3 is 0 Å².